The predicted octanol–water partition coefficient (Wildman–Crippen LogP) is 3.57. The van der Waals surface area contributed by atoms with E-state index in [-0.39, 0.29) is 19.5 Å². The fourth-order valence-corrected chi connectivity index (χ4v) is 4.55. The number of rotatable bonds is 12. The number of hydrogen-bond acceptors (Lipinski definition) is 7. The van der Waals surface area contributed by atoms with Gasteiger partial charge in [0.25, 0.3) is 0 Å². The zero-order valence-electron chi connectivity index (χ0n) is 23.3. The van der Waals surface area contributed by atoms with Crippen molar-refractivity contribution in [1.82, 2.24) is 25.1 Å². The molecule has 0 fully saturated rings. The summed E-state index contributed by atoms with van der Waals surface area (Å²) in [5.74, 6) is -0.440. The van der Waals surface area contributed by atoms with Crippen LogP contribution in [0.15, 0.2) is 66.9 Å². The topological polar surface area (TPSA) is 168 Å². The van der Waals surface area contributed by atoms with Crippen LogP contribution in [-0.4, -0.2) is 49.6 Å². The Balaban J connectivity index is 1.58. The van der Waals surface area contributed by atoms with Gasteiger partial charge in [0.15, 0.2) is 0 Å². The standard InChI is InChI=1S/C28H36N6O6S/c1-28(2,3)40-27(37)34-41(38,39)31-18-8-7-15-23(33-26(36)30-19-20-11-5-4-6-12-20)25(35)32-22-16-9-13-21-14-10-17-29-24(21)22/h4-6,9-14,16-17,23,31H,7-8,15,18-19H2,1-3H3,(H,32,35)(H,34,37)(H2,30,33,36). The zero-order chi connectivity index (χ0) is 29.9. The van der Waals surface area contributed by atoms with E-state index in [4.69, 9.17) is 4.74 Å². The molecule has 1 unspecified atom stereocenters. The van der Waals surface area contributed by atoms with Crippen LogP contribution in [0.1, 0.15) is 45.6 Å². The lowest BCUT2D eigenvalue weighted by Gasteiger charge is -2.20. The summed E-state index contributed by atoms with van der Waals surface area (Å²) in [4.78, 5) is 42.0. The number of amides is 4. The number of carbonyl (C=O) groups excluding carboxylic acids is 3. The van der Waals surface area contributed by atoms with E-state index in [0.29, 0.717) is 24.0 Å². The van der Waals surface area contributed by atoms with Gasteiger partial charge in [0.2, 0.25) is 5.91 Å². The molecule has 2 aromatic carbocycles. The fraction of sp³-hybridized carbons (Fsp3) is 0.357. The summed E-state index contributed by atoms with van der Waals surface area (Å²) < 4.78 is 33.3. The summed E-state index contributed by atoms with van der Waals surface area (Å²) >= 11 is 0. The van der Waals surface area contributed by atoms with Gasteiger partial charge in [0, 0.05) is 24.7 Å². The first-order chi connectivity index (χ1) is 19.4. The largest absolute Gasteiger partial charge is 0.443 e. The maximum atomic E-state index is 13.3. The van der Waals surface area contributed by atoms with Crippen LogP contribution in [0.5, 0.6) is 0 Å². The molecule has 0 aliphatic heterocycles. The van der Waals surface area contributed by atoms with E-state index in [1.807, 2.05) is 42.5 Å². The van der Waals surface area contributed by atoms with Crippen molar-refractivity contribution in [2.45, 2.75) is 58.2 Å². The van der Waals surface area contributed by atoms with Crippen LogP contribution in [-0.2, 0) is 26.3 Å². The van der Waals surface area contributed by atoms with Crippen molar-refractivity contribution in [3.8, 4) is 0 Å². The minimum absolute atomic E-state index is 0.0000827. The number of urea groups is 1. The number of para-hydroxylation sites is 1. The van der Waals surface area contributed by atoms with Gasteiger partial charge < -0.3 is 20.7 Å². The molecule has 3 rings (SSSR count). The number of anilines is 1. The van der Waals surface area contributed by atoms with Crippen LogP contribution in [0.2, 0.25) is 0 Å². The Kier molecular flexibility index (Phi) is 11.0. The van der Waals surface area contributed by atoms with Gasteiger partial charge in [-0.1, -0.05) is 48.5 Å². The summed E-state index contributed by atoms with van der Waals surface area (Å²) in [6.45, 7) is 5.13. The number of ether oxygens (including phenoxy) is 1. The summed E-state index contributed by atoms with van der Waals surface area (Å²) in [7, 11) is -4.12. The second-order valence-corrected chi connectivity index (χ2v) is 11.7. The number of nitrogens with one attached hydrogen (secondary N) is 5. The molecule has 13 heteroatoms. The third kappa shape index (κ3) is 11.0. The van der Waals surface area contributed by atoms with E-state index in [9.17, 15) is 22.8 Å². The Morgan fingerprint density at radius 2 is 1.68 bits per heavy atom. The lowest BCUT2D eigenvalue weighted by Crippen LogP contribution is -2.48. The highest BCUT2D eigenvalue weighted by atomic mass is 32.2. The molecule has 12 nitrogen and oxygen atoms in total. The predicted molar refractivity (Wildman–Crippen MR) is 156 cm³/mol. The van der Waals surface area contributed by atoms with Crippen LogP contribution in [0.4, 0.5) is 15.3 Å². The van der Waals surface area contributed by atoms with E-state index < -0.39 is 39.9 Å². The first kappa shape index (κ1) is 31.3. The third-order valence-corrected chi connectivity index (χ3v) is 6.66. The Morgan fingerprint density at radius 1 is 0.951 bits per heavy atom. The molecular formula is C28H36N6O6S. The van der Waals surface area contributed by atoms with Gasteiger partial charge in [-0.3, -0.25) is 9.78 Å². The molecule has 0 aliphatic carbocycles. The molecule has 1 aromatic heterocycles. The smallest absolute Gasteiger partial charge is 0.422 e. The highest BCUT2D eigenvalue weighted by Crippen LogP contribution is 2.21. The van der Waals surface area contributed by atoms with Crippen molar-refractivity contribution in [3.05, 3.63) is 72.4 Å². The van der Waals surface area contributed by atoms with Crippen LogP contribution in [0.25, 0.3) is 10.9 Å². The SMILES string of the molecule is CC(C)(C)OC(=O)NS(=O)(=O)NCCCCC(NC(=O)NCc1ccccc1)C(=O)Nc1cccc2cccnc12. The van der Waals surface area contributed by atoms with E-state index in [2.05, 4.69) is 25.7 Å². The van der Waals surface area contributed by atoms with E-state index in [1.54, 1.807) is 49.9 Å². The highest BCUT2D eigenvalue weighted by molar-refractivity contribution is 7.88. The van der Waals surface area contributed by atoms with Gasteiger partial charge >= 0.3 is 22.3 Å². The van der Waals surface area contributed by atoms with Gasteiger partial charge in [-0.15, -0.1) is 0 Å². The number of benzene rings is 2. The number of carbonyl (C=O) groups is 3. The molecule has 0 saturated carbocycles. The molecule has 0 spiro atoms. The van der Waals surface area contributed by atoms with Gasteiger partial charge in [-0.25, -0.2) is 14.3 Å². The average Bonchev–Trinajstić information content (AvgIpc) is 2.90. The second-order valence-electron chi connectivity index (χ2n) is 10.2. The Bertz CT molecular complexity index is 1440. The number of aromatic nitrogens is 1. The molecule has 0 aliphatic rings. The van der Waals surface area contributed by atoms with Crippen molar-refractivity contribution in [2.75, 3.05) is 11.9 Å². The van der Waals surface area contributed by atoms with Crippen LogP contribution in [0, 0.1) is 0 Å². The van der Waals surface area contributed by atoms with Crippen molar-refractivity contribution < 1.29 is 27.5 Å². The minimum atomic E-state index is -4.12. The molecule has 0 radical (unpaired) electrons. The maximum absolute atomic E-state index is 13.3. The Labute approximate surface area is 239 Å². The first-order valence-electron chi connectivity index (χ1n) is 13.2. The number of nitrogens with zero attached hydrogens (tertiary/aromatic N) is 1. The first-order valence-corrected chi connectivity index (χ1v) is 14.6. The van der Waals surface area contributed by atoms with Crippen LogP contribution < -0.4 is 25.4 Å². The van der Waals surface area contributed by atoms with Crippen LogP contribution in [0.3, 0.4) is 0 Å². The summed E-state index contributed by atoms with van der Waals surface area (Å²) in [6, 6.07) is 17.0. The number of fused-ring (bicyclic) bond motifs is 1. The normalized spacial score (nSPS) is 12.3. The summed E-state index contributed by atoms with van der Waals surface area (Å²) in [6.07, 6.45) is 1.49. The number of pyridine rings is 1. The molecule has 1 heterocycles. The maximum Gasteiger partial charge on any atom is 0.422 e. The molecule has 0 saturated heterocycles. The minimum Gasteiger partial charge on any atom is -0.443 e. The molecule has 5 N–H and O–H groups in total. The molecular weight excluding hydrogens is 548 g/mol. The monoisotopic (exact) mass is 584 g/mol. The molecule has 4 amide bonds. The van der Waals surface area contributed by atoms with Gasteiger partial charge in [-0.2, -0.15) is 13.1 Å². The fourth-order valence-electron chi connectivity index (χ4n) is 3.81. The van der Waals surface area contributed by atoms with E-state index in [0.717, 1.165) is 10.9 Å². The Morgan fingerprint density at radius 3 is 2.41 bits per heavy atom. The summed E-state index contributed by atoms with van der Waals surface area (Å²) in [5.41, 5.74) is 1.17. The van der Waals surface area contributed by atoms with Gasteiger partial charge in [-0.05, 0) is 57.7 Å². The van der Waals surface area contributed by atoms with Crippen molar-refractivity contribution in [3.63, 3.8) is 0 Å². The number of hydrogen-bond donors (Lipinski definition) is 5. The van der Waals surface area contributed by atoms with Crippen molar-refractivity contribution in [1.29, 1.82) is 0 Å². The highest BCUT2D eigenvalue weighted by Gasteiger charge is 2.23. The lowest BCUT2D eigenvalue weighted by molar-refractivity contribution is -0.118. The molecule has 1 atom stereocenters. The quantitative estimate of drug-likeness (QED) is 0.203. The second kappa shape index (κ2) is 14.4. The van der Waals surface area contributed by atoms with Gasteiger partial charge in [0.1, 0.15) is 11.6 Å². The molecule has 220 valence electrons. The molecule has 41 heavy (non-hydrogen) atoms. The molecule has 0 bridgehead atoms. The van der Waals surface area contributed by atoms with E-state index >= 15 is 0 Å². The zero-order valence-corrected chi connectivity index (χ0v) is 24.1. The lowest BCUT2D eigenvalue weighted by atomic mass is 10.1. The Hall–Kier alpha value is -4.23. The van der Waals surface area contributed by atoms with Crippen molar-refractivity contribution in [2.24, 2.45) is 0 Å². The average molecular weight is 585 g/mol. The summed E-state index contributed by atoms with van der Waals surface area (Å²) in [5, 5.41) is 9.17. The van der Waals surface area contributed by atoms with Crippen LogP contribution >= 0.6 is 0 Å². The molecule has 3 aromatic rings. The third-order valence-electron chi connectivity index (χ3n) is 5.64. The van der Waals surface area contributed by atoms with Crippen molar-refractivity contribution >= 4 is 44.8 Å². The van der Waals surface area contributed by atoms with E-state index in [1.165, 1.54) is 0 Å². The number of unbranched alkanes of at least 4 members (excludes halogenated alkanes) is 1. The van der Waals surface area contributed by atoms with Gasteiger partial charge in [0.05, 0.1) is 11.2 Å².